The number of amides is 1. The number of nitrogens with one attached hydrogen (secondary N) is 1. The van der Waals surface area contributed by atoms with Gasteiger partial charge in [0.15, 0.2) is 5.17 Å². The van der Waals surface area contributed by atoms with E-state index in [2.05, 4.69) is 5.32 Å². The van der Waals surface area contributed by atoms with E-state index >= 15 is 0 Å². The Morgan fingerprint density at radius 1 is 1.69 bits per heavy atom. The molecule has 0 aromatic rings. The number of carbonyl (C=O) groups is 1. The number of nitrogens with two attached hydrogens (primary N) is 1. The van der Waals surface area contributed by atoms with Crippen molar-refractivity contribution in [2.45, 2.75) is 44.7 Å². The van der Waals surface area contributed by atoms with Gasteiger partial charge in [0.2, 0.25) is 5.91 Å². The molecule has 2 rings (SSSR count). The molecule has 1 aliphatic heterocycles. The lowest BCUT2D eigenvalue weighted by molar-refractivity contribution is -0.118. The molecule has 4 nitrogen and oxygen atoms in total. The molecule has 90 valence electrons. The predicted octanol–water partition coefficient (Wildman–Crippen LogP) is 1.11. The van der Waals surface area contributed by atoms with Crippen molar-refractivity contribution in [1.82, 2.24) is 5.32 Å². The molecule has 1 saturated carbocycles. The van der Waals surface area contributed by atoms with Gasteiger partial charge in [-0.25, -0.2) is 0 Å². The van der Waals surface area contributed by atoms with Crippen LogP contribution in [0.1, 0.15) is 32.6 Å². The number of rotatable bonds is 3. The molecule has 3 N–H and O–H groups in total. The molecule has 1 amide bonds. The summed E-state index contributed by atoms with van der Waals surface area (Å²) in [5.41, 5.74) is 5.16. The monoisotopic (exact) mass is 241 g/mol. The van der Waals surface area contributed by atoms with Crippen LogP contribution in [0.3, 0.4) is 0 Å². The first-order chi connectivity index (χ1) is 7.65. The third-order valence-electron chi connectivity index (χ3n) is 3.21. The van der Waals surface area contributed by atoms with Crippen molar-refractivity contribution >= 4 is 22.8 Å². The van der Waals surface area contributed by atoms with E-state index in [0.29, 0.717) is 12.5 Å². The molecule has 0 spiro atoms. The molecule has 16 heavy (non-hydrogen) atoms. The van der Waals surface area contributed by atoms with Gasteiger partial charge in [0, 0.05) is 18.2 Å². The Bertz CT molecular complexity index is 306. The molecule has 3 unspecified atom stereocenters. The Morgan fingerprint density at radius 3 is 3.25 bits per heavy atom. The summed E-state index contributed by atoms with van der Waals surface area (Å²) in [4.78, 5) is 15.5. The number of fused-ring (bicyclic) bond motifs is 1. The van der Waals surface area contributed by atoms with E-state index in [9.17, 15) is 4.79 Å². The van der Waals surface area contributed by atoms with E-state index in [0.717, 1.165) is 11.1 Å². The van der Waals surface area contributed by atoms with Crippen LogP contribution in [0.4, 0.5) is 0 Å². The topological polar surface area (TPSA) is 67.5 Å². The fourth-order valence-corrected chi connectivity index (χ4v) is 3.65. The van der Waals surface area contributed by atoms with Gasteiger partial charge in [0.25, 0.3) is 0 Å². The zero-order valence-electron chi connectivity index (χ0n) is 9.61. The van der Waals surface area contributed by atoms with Crippen LogP contribution in [0.15, 0.2) is 4.99 Å². The van der Waals surface area contributed by atoms with Crippen LogP contribution in [0.5, 0.6) is 0 Å². The smallest absolute Gasteiger partial charge is 0.219 e. The van der Waals surface area contributed by atoms with E-state index in [-0.39, 0.29) is 11.9 Å². The van der Waals surface area contributed by atoms with Crippen LogP contribution in [0, 0.1) is 5.92 Å². The second kappa shape index (κ2) is 5.08. The van der Waals surface area contributed by atoms with E-state index in [1.54, 1.807) is 11.8 Å². The summed E-state index contributed by atoms with van der Waals surface area (Å²) in [5.74, 6) is 1.68. The van der Waals surface area contributed by atoms with Crippen LogP contribution in [0.25, 0.3) is 0 Å². The number of aliphatic imine (C=N–C) groups is 1. The van der Waals surface area contributed by atoms with E-state index in [1.807, 2.05) is 6.92 Å². The molecular formula is C11H19N3OS. The fraction of sp³-hybridized carbons (Fsp3) is 0.818. The van der Waals surface area contributed by atoms with Gasteiger partial charge in [0.05, 0.1) is 6.04 Å². The molecule has 1 fully saturated rings. The number of hydrogen-bond donors (Lipinski definition) is 2. The Hall–Kier alpha value is -0.710. The first-order valence-electron chi connectivity index (χ1n) is 5.90. The predicted molar refractivity (Wildman–Crippen MR) is 67.4 cm³/mol. The highest BCUT2D eigenvalue weighted by molar-refractivity contribution is 8.13. The van der Waals surface area contributed by atoms with Crippen molar-refractivity contribution in [2.24, 2.45) is 16.6 Å². The molecule has 0 radical (unpaired) electrons. The van der Waals surface area contributed by atoms with Crippen LogP contribution in [0.2, 0.25) is 0 Å². The Kier molecular flexibility index (Phi) is 3.74. The summed E-state index contributed by atoms with van der Waals surface area (Å²) in [6.45, 7) is 1.97. The fourth-order valence-electron chi connectivity index (χ4n) is 2.40. The third-order valence-corrected chi connectivity index (χ3v) is 4.30. The van der Waals surface area contributed by atoms with Gasteiger partial charge in [-0.1, -0.05) is 18.2 Å². The number of hydrogen-bond acceptors (Lipinski definition) is 4. The first kappa shape index (κ1) is 11.8. The quantitative estimate of drug-likeness (QED) is 0.778. The molecular weight excluding hydrogens is 222 g/mol. The van der Waals surface area contributed by atoms with Crippen molar-refractivity contribution in [3.05, 3.63) is 0 Å². The summed E-state index contributed by atoms with van der Waals surface area (Å²) >= 11 is 1.78. The Balaban J connectivity index is 1.88. The van der Waals surface area contributed by atoms with Gasteiger partial charge in [-0.3, -0.25) is 9.79 Å². The molecule has 3 atom stereocenters. The number of primary amides is 1. The lowest BCUT2D eigenvalue weighted by Crippen LogP contribution is -2.37. The minimum absolute atomic E-state index is 0.0849. The second-order valence-corrected chi connectivity index (χ2v) is 5.73. The van der Waals surface area contributed by atoms with Crippen molar-refractivity contribution < 1.29 is 4.79 Å². The zero-order valence-corrected chi connectivity index (χ0v) is 10.4. The Labute approximate surface area is 100 Å². The Morgan fingerprint density at radius 2 is 2.50 bits per heavy atom. The van der Waals surface area contributed by atoms with E-state index in [4.69, 9.17) is 10.7 Å². The minimum atomic E-state index is -0.264. The van der Waals surface area contributed by atoms with E-state index < -0.39 is 0 Å². The maximum absolute atomic E-state index is 10.8. The van der Waals surface area contributed by atoms with Crippen molar-refractivity contribution in [1.29, 1.82) is 0 Å². The minimum Gasteiger partial charge on any atom is -0.370 e. The lowest BCUT2D eigenvalue weighted by Gasteiger charge is -2.25. The molecule has 0 aromatic carbocycles. The molecule has 2 aliphatic rings. The summed E-state index contributed by atoms with van der Waals surface area (Å²) in [6.07, 6.45) is 4.23. The average molecular weight is 241 g/mol. The van der Waals surface area contributed by atoms with E-state index in [1.165, 1.54) is 25.0 Å². The summed E-state index contributed by atoms with van der Waals surface area (Å²) in [5, 5.41) is 4.27. The molecule has 1 heterocycles. The van der Waals surface area contributed by atoms with Crippen molar-refractivity contribution in [3.8, 4) is 0 Å². The molecule has 0 bridgehead atoms. The van der Waals surface area contributed by atoms with Crippen LogP contribution < -0.4 is 11.1 Å². The zero-order chi connectivity index (χ0) is 11.5. The SMILES string of the molecule is CC(CC(N)=O)NC1=NC2CCCC2CS1. The van der Waals surface area contributed by atoms with Crippen LogP contribution in [-0.4, -0.2) is 28.9 Å². The van der Waals surface area contributed by atoms with Crippen molar-refractivity contribution in [3.63, 3.8) is 0 Å². The molecule has 0 aromatic heterocycles. The highest BCUT2D eigenvalue weighted by Crippen LogP contribution is 2.35. The first-order valence-corrected chi connectivity index (χ1v) is 6.89. The van der Waals surface area contributed by atoms with Gasteiger partial charge in [-0.15, -0.1) is 0 Å². The number of carbonyl (C=O) groups excluding carboxylic acids is 1. The van der Waals surface area contributed by atoms with Gasteiger partial charge in [-0.05, 0) is 25.7 Å². The highest BCUT2D eigenvalue weighted by Gasteiger charge is 2.31. The summed E-state index contributed by atoms with van der Waals surface area (Å²) in [7, 11) is 0. The molecule has 5 heteroatoms. The summed E-state index contributed by atoms with van der Waals surface area (Å²) in [6, 6.07) is 0.603. The normalized spacial score (nSPS) is 30.4. The standard InChI is InChI=1S/C11H19N3OS/c1-7(5-10(12)15)13-11-14-9-4-2-3-8(9)6-16-11/h7-9H,2-6H2,1H3,(H2,12,15)(H,13,14). The maximum Gasteiger partial charge on any atom is 0.219 e. The van der Waals surface area contributed by atoms with Gasteiger partial charge in [0.1, 0.15) is 0 Å². The van der Waals surface area contributed by atoms with Gasteiger partial charge >= 0.3 is 0 Å². The largest absolute Gasteiger partial charge is 0.370 e. The number of amidine groups is 1. The van der Waals surface area contributed by atoms with Gasteiger partial charge < -0.3 is 11.1 Å². The summed E-state index contributed by atoms with van der Waals surface area (Å²) < 4.78 is 0. The lowest BCUT2D eigenvalue weighted by atomic mass is 10.1. The number of nitrogens with zero attached hydrogens (tertiary/aromatic N) is 1. The third kappa shape index (κ3) is 2.90. The number of thioether (sulfide) groups is 1. The molecule has 1 aliphatic carbocycles. The molecule has 0 saturated heterocycles. The van der Waals surface area contributed by atoms with Crippen molar-refractivity contribution in [2.75, 3.05) is 5.75 Å². The van der Waals surface area contributed by atoms with Crippen LogP contribution >= 0.6 is 11.8 Å². The highest BCUT2D eigenvalue weighted by atomic mass is 32.2. The second-order valence-electron chi connectivity index (χ2n) is 4.72. The van der Waals surface area contributed by atoms with Gasteiger partial charge in [-0.2, -0.15) is 0 Å². The average Bonchev–Trinajstić information content (AvgIpc) is 2.63. The van der Waals surface area contributed by atoms with Crippen LogP contribution in [-0.2, 0) is 4.79 Å². The maximum atomic E-state index is 10.8.